The van der Waals surface area contributed by atoms with Gasteiger partial charge in [-0.15, -0.1) is 0 Å². The van der Waals surface area contributed by atoms with Gasteiger partial charge in [0, 0.05) is 26.0 Å². The topological polar surface area (TPSA) is 54.1 Å². The number of hydrogen-bond acceptors (Lipinski definition) is 6. The second-order valence-electron chi connectivity index (χ2n) is 2.28. The molecule has 0 saturated carbocycles. The number of hydrogen-bond donors (Lipinski definition) is 0. The fourth-order valence-electron chi connectivity index (χ4n) is 0.794. The van der Waals surface area contributed by atoms with Crippen molar-refractivity contribution in [1.82, 2.24) is 9.80 Å². The summed E-state index contributed by atoms with van der Waals surface area (Å²) in [7, 11) is 2.08. The maximum Gasteiger partial charge on any atom is 2.00 e. The molecule has 0 bridgehead atoms. The zero-order valence-electron chi connectivity index (χ0n) is 8.51. The third-order valence-corrected chi connectivity index (χ3v) is 1.34. The molecule has 0 atom stereocenters. The molecular weight excluding hydrogens is 275 g/mol. The predicted molar refractivity (Wildman–Crippen MR) is 60.1 cm³/mol. The van der Waals surface area contributed by atoms with Gasteiger partial charge in [-0.05, 0) is 6.92 Å². The molecule has 0 spiro atoms. The summed E-state index contributed by atoms with van der Waals surface area (Å²) in [5, 5.41) is 16.9. The van der Waals surface area contributed by atoms with Crippen molar-refractivity contribution in [3.05, 3.63) is 12.4 Å². The van der Waals surface area contributed by atoms with Crippen LogP contribution in [0.15, 0.2) is 12.4 Å². The van der Waals surface area contributed by atoms with Gasteiger partial charge in [0.2, 0.25) is 0 Å². The van der Waals surface area contributed by atoms with Crippen LogP contribution in [0, 0.1) is 21.3 Å². The van der Waals surface area contributed by atoms with Gasteiger partial charge in [-0.2, -0.15) is 0 Å². The molecule has 1 rings (SSSR count). The van der Waals surface area contributed by atoms with Gasteiger partial charge in [0.15, 0.2) is 0 Å². The van der Waals surface area contributed by atoms with Crippen molar-refractivity contribution in [3.63, 3.8) is 0 Å². The summed E-state index contributed by atoms with van der Waals surface area (Å²) in [5.41, 5.74) is 0. The second kappa shape index (κ2) is 15.7. The molecule has 0 N–H and O–H groups in total. The molecule has 0 aromatic rings. The summed E-state index contributed by atoms with van der Waals surface area (Å²) < 4.78 is 0. The van der Waals surface area contributed by atoms with Gasteiger partial charge in [0.1, 0.15) is 0 Å². The predicted octanol–water partition coefficient (Wildman–Crippen LogP) is 0.709. The maximum atomic E-state index is 7.13. The van der Waals surface area contributed by atoms with E-state index >= 15 is 0 Å². The number of nitriles is 2. The zero-order chi connectivity index (χ0) is 11.4. The van der Waals surface area contributed by atoms with Crippen molar-refractivity contribution in [2.45, 2.75) is 6.92 Å². The molecule has 1 aliphatic rings. The van der Waals surface area contributed by atoms with Crippen LogP contribution < -0.4 is 0 Å². The van der Waals surface area contributed by atoms with Gasteiger partial charge >= 0.3 is 16.8 Å². The Hall–Kier alpha value is -0.734. The second-order valence-corrected chi connectivity index (χ2v) is 2.65. The molecule has 1 heterocycles. The average Bonchev–Trinajstić information content (AvgIpc) is 2.54. The Balaban J connectivity index is -0.000000177. The SMILES string of the molecule is CCN1C=CN(C)C1.N#C[S-].N#C[S-].[Co+2]. The molecule has 7 heteroatoms. The summed E-state index contributed by atoms with van der Waals surface area (Å²) in [5.74, 6) is 0. The Bertz CT molecular complexity index is 222. The Morgan fingerprint density at radius 1 is 1.27 bits per heavy atom. The third-order valence-electron chi connectivity index (χ3n) is 1.34. The molecule has 4 nitrogen and oxygen atoms in total. The van der Waals surface area contributed by atoms with E-state index in [0.29, 0.717) is 0 Å². The minimum absolute atomic E-state index is 0. The zero-order valence-corrected chi connectivity index (χ0v) is 11.2. The molecule has 0 fully saturated rings. The van der Waals surface area contributed by atoms with E-state index in [1.807, 2.05) is 0 Å². The van der Waals surface area contributed by atoms with Gasteiger partial charge in [-0.1, -0.05) is 10.8 Å². The standard InChI is InChI=1S/C6H12N2.2CHNS.Co/c1-3-8-5-4-7(2)6-8;2*2-1-3;/h4-5H,3,6H2,1-2H3;2*3H;/q;;;+2/p-2. The van der Waals surface area contributed by atoms with Crippen molar-refractivity contribution in [2.75, 3.05) is 20.3 Å². The van der Waals surface area contributed by atoms with Crippen LogP contribution in [0.4, 0.5) is 0 Å². The van der Waals surface area contributed by atoms with Crippen molar-refractivity contribution in [1.29, 1.82) is 10.5 Å². The average molecular weight is 287 g/mol. The molecule has 85 valence electrons. The van der Waals surface area contributed by atoms with E-state index in [1.165, 1.54) is 10.8 Å². The van der Waals surface area contributed by atoms with Crippen LogP contribution in [-0.2, 0) is 42.0 Å². The molecule has 0 unspecified atom stereocenters. The van der Waals surface area contributed by atoms with E-state index < -0.39 is 0 Å². The van der Waals surface area contributed by atoms with Gasteiger partial charge in [0.05, 0.1) is 6.67 Å². The Morgan fingerprint density at radius 2 is 1.67 bits per heavy atom. The molecule has 0 amide bonds. The van der Waals surface area contributed by atoms with Crippen molar-refractivity contribution < 1.29 is 16.8 Å². The molecule has 1 aliphatic heterocycles. The van der Waals surface area contributed by atoms with Gasteiger partial charge in [-0.3, -0.25) is 0 Å². The first kappa shape index (κ1) is 19.8. The molecule has 1 radical (unpaired) electrons. The van der Waals surface area contributed by atoms with Crippen LogP contribution in [0.1, 0.15) is 6.92 Å². The first-order valence-corrected chi connectivity index (χ1v) is 4.62. The van der Waals surface area contributed by atoms with Crippen LogP contribution >= 0.6 is 0 Å². The summed E-state index contributed by atoms with van der Waals surface area (Å²) in [6.45, 7) is 4.32. The van der Waals surface area contributed by atoms with E-state index in [2.05, 4.69) is 61.4 Å². The molecule has 0 saturated heterocycles. The number of thiocyanates is 2. The summed E-state index contributed by atoms with van der Waals surface area (Å²) in [4.78, 5) is 4.41. The summed E-state index contributed by atoms with van der Waals surface area (Å²) in [6, 6.07) is 0. The molecule has 15 heavy (non-hydrogen) atoms. The van der Waals surface area contributed by atoms with Gasteiger partial charge in [0.25, 0.3) is 0 Å². The van der Waals surface area contributed by atoms with E-state index in [1.54, 1.807) is 0 Å². The largest absolute Gasteiger partial charge is 2.00 e. The van der Waals surface area contributed by atoms with Crippen LogP contribution in [0.3, 0.4) is 0 Å². The van der Waals surface area contributed by atoms with E-state index in [9.17, 15) is 0 Å². The Labute approximate surface area is 113 Å². The van der Waals surface area contributed by atoms with Gasteiger partial charge < -0.3 is 35.1 Å². The fraction of sp³-hybridized carbons (Fsp3) is 0.500. The van der Waals surface area contributed by atoms with Crippen molar-refractivity contribution >= 4 is 25.3 Å². The third kappa shape index (κ3) is 16.0. The number of nitrogens with zero attached hydrogens (tertiary/aromatic N) is 4. The molecule has 0 aromatic carbocycles. The Morgan fingerprint density at radius 3 is 1.80 bits per heavy atom. The Kier molecular flexibility index (Phi) is 20.7. The van der Waals surface area contributed by atoms with Crippen LogP contribution in [0.2, 0.25) is 0 Å². The normalized spacial score (nSPS) is 10.7. The summed E-state index contributed by atoms with van der Waals surface area (Å²) >= 11 is 7.40. The molecular formula is C8H12CoN4S2. The first-order chi connectivity index (χ1) is 6.65. The minimum Gasteiger partial charge on any atom is -0.696 e. The van der Waals surface area contributed by atoms with Crippen LogP contribution in [0.25, 0.3) is 0 Å². The first-order valence-electron chi connectivity index (χ1n) is 3.81. The summed E-state index contributed by atoms with van der Waals surface area (Å²) in [6.07, 6.45) is 4.20. The minimum atomic E-state index is 0. The molecule has 0 aliphatic carbocycles. The fourth-order valence-corrected chi connectivity index (χ4v) is 0.794. The van der Waals surface area contributed by atoms with Crippen LogP contribution in [-0.4, -0.2) is 30.1 Å². The van der Waals surface area contributed by atoms with E-state index in [4.69, 9.17) is 10.5 Å². The smallest absolute Gasteiger partial charge is 0.696 e. The van der Waals surface area contributed by atoms with Crippen LogP contribution in [0.5, 0.6) is 0 Å². The number of rotatable bonds is 1. The molecule has 0 aromatic heterocycles. The maximum absolute atomic E-state index is 7.13. The van der Waals surface area contributed by atoms with E-state index in [0.717, 1.165) is 13.2 Å². The van der Waals surface area contributed by atoms with E-state index in [-0.39, 0.29) is 16.8 Å². The van der Waals surface area contributed by atoms with Crippen molar-refractivity contribution in [3.8, 4) is 10.8 Å². The van der Waals surface area contributed by atoms with Gasteiger partial charge in [-0.25, -0.2) is 10.5 Å². The van der Waals surface area contributed by atoms with Crippen molar-refractivity contribution in [2.24, 2.45) is 0 Å². The quantitative estimate of drug-likeness (QED) is 0.523. The monoisotopic (exact) mass is 287 g/mol.